The lowest BCUT2D eigenvalue weighted by atomic mass is 10.1. The number of rotatable bonds is 3. The molecule has 1 amide bonds. The summed E-state index contributed by atoms with van der Waals surface area (Å²) in [5, 5.41) is 6.56. The Morgan fingerprint density at radius 2 is 2.09 bits per heavy atom. The average Bonchev–Trinajstić information content (AvgIpc) is 2.97. The van der Waals surface area contributed by atoms with Crippen molar-refractivity contribution in [1.82, 2.24) is 10.1 Å². The smallest absolute Gasteiger partial charge is 0.255 e. The highest BCUT2D eigenvalue weighted by Gasteiger charge is 2.12. The van der Waals surface area contributed by atoms with Crippen LogP contribution in [0.4, 0.5) is 10.1 Å². The highest BCUT2D eigenvalue weighted by molar-refractivity contribution is 6.30. The van der Waals surface area contributed by atoms with E-state index in [4.69, 9.17) is 16.1 Å². The van der Waals surface area contributed by atoms with Crippen molar-refractivity contribution in [3.63, 3.8) is 0 Å². The molecule has 0 unspecified atom stereocenters. The van der Waals surface area contributed by atoms with Crippen molar-refractivity contribution in [3.05, 3.63) is 64.8 Å². The molecule has 0 atom stereocenters. The van der Waals surface area contributed by atoms with E-state index in [-0.39, 0.29) is 10.7 Å². The first-order chi connectivity index (χ1) is 11.0. The first kappa shape index (κ1) is 15.2. The lowest BCUT2D eigenvalue weighted by Crippen LogP contribution is -2.13. The van der Waals surface area contributed by atoms with Crippen molar-refractivity contribution >= 4 is 23.2 Å². The van der Waals surface area contributed by atoms with Gasteiger partial charge in [-0.1, -0.05) is 28.9 Å². The highest BCUT2D eigenvalue weighted by Crippen LogP contribution is 2.21. The zero-order chi connectivity index (χ0) is 16.4. The summed E-state index contributed by atoms with van der Waals surface area (Å²) in [5.74, 6) is -0.239. The second kappa shape index (κ2) is 6.18. The van der Waals surface area contributed by atoms with Gasteiger partial charge in [-0.05, 0) is 30.3 Å². The standard InChI is InChI=1S/C16H11ClFN3O2/c1-9-19-15(21-23-9)10-3-2-4-11(7-10)16(22)20-14-6-5-12(17)8-13(14)18/h2-8H,1H3,(H,20,22). The third-order valence-electron chi connectivity index (χ3n) is 3.09. The lowest BCUT2D eigenvalue weighted by Gasteiger charge is -2.07. The number of benzene rings is 2. The molecule has 0 bridgehead atoms. The molecule has 0 aliphatic rings. The largest absolute Gasteiger partial charge is 0.339 e. The van der Waals surface area contributed by atoms with Gasteiger partial charge >= 0.3 is 0 Å². The normalized spacial score (nSPS) is 10.6. The summed E-state index contributed by atoms with van der Waals surface area (Å²) in [4.78, 5) is 16.4. The number of nitrogens with one attached hydrogen (secondary N) is 1. The predicted molar refractivity (Wildman–Crippen MR) is 83.8 cm³/mol. The maximum atomic E-state index is 13.7. The number of carbonyl (C=O) groups is 1. The molecule has 1 heterocycles. The maximum absolute atomic E-state index is 13.7. The van der Waals surface area contributed by atoms with Crippen molar-refractivity contribution < 1.29 is 13.7 Å². The van der Waals surface area contributed by atoms with Gasteiger partial charge in [0, 0.05) is 23.1 Å². The van der Waals surface area contributed by atoms with Crippen LogP contribution in [0.25, 0.3) is 11.4 Å². The molecule has 1 N–H and O–H groups in total. The number of amides is 1. The molecule has 0 saturated carbocycles. The highest BCUT2D eigenvalue weighted by atomic mass is 35.5. The number of hydrogen-bond donors (Lipinski definition) is 1. The van der Waals surface area contributed by atoms with E-state index in [1.807, 2.05) is 0 Å². The van der Waals surface area contributed by atoms with Gasteiger partial charge in [-0.15, -0.1) is 0 Å². The number of aryl methyl sites for hydroxylation is 1. The Labute approximate surface area is 136 Å². The Balaban J connectivity index is 1.85. The molecule has 5 nitrogen and oxygen atoms in total. The molecule has 7 heteroatoms. The van der Waals surface area contributed by atoms with E-state index in [1.54, 1.807) is 31.2 Å². The second-order valence-electron chi connectivity index (χ2n) is 4.80. The van der Waals surface area contributed by atoms with Crippen LogP contribution in [0, 0.1) is 12.7 Å². The van der Waals surface area contributed by atoms with Gasteiger partial charge in [-0.25, -0.2) is 4.39 Å². The summed E-state index contributed by atoms with van der Waals surface area (Å²) in [7, 11) is 0. The van der Waals surface area contributed by atoms with Crippen LogP contribution >= 0.6 is 11.6 Å². The Kier molecular flexibility index (Phi) is 4.08. The molecule has 0 radical (unpaired) electrons. The maximum Gasteiger partial charge on any atom is 0.255 e. The molecule has 1 aromatic heterocycles. The Hall–Kier alpha value is -2.73. The topological polar surface area (TPSA) is 68.0 Å². The van der Waals surface area contributed by atoms with Gasteiger partial charge in [0.15, 0.2) is 0 Å². The minimum atomic E-state index is -0.601. The van der Waals surface area contributed by atoms with Crippen LogP contribution in [-0.2, 0) is 0 Å². The first-order valence-corrected chi connectivity index (χ1v) is 7.08. The van der Waals surface area contributed by atoms with Crippen molar-refractivity contribution in [2.75, 3.05) is 5.32 Å². The molecular weight excluding hydrogens is 321 g/mol. The van der Waals surface area contributed by atoms with E-state index in [0.29, 0.717) is 22.8 Å². The number of anilines is 1. The number of carbonyl (C=O) groups excluding carboxylic acids is 1. The van der Waals surface area contributed by atoms with Crippen LogP contribution in [0.3, 0.4) is 0 Å². The second-order valence-corrected chi connectivity index (χ2v) is 5.23. The number of nitrogens with zero attached hydrogens (tertiary/aromatic N) is 2. The molecule has 116 valence electrons. The van der Waals surface area contributed by atoms with Crippen LogP contribution in [0.15, 0.2) is 47.0 Å². The molecular formula is C16H11ClFN3O2. The zero-order valence-corrected chi connectivity index (χ0v) is 12.8. The van der Waals surface area contributed by atoms with E-state index in [2.05, 4.69) is 15.5 Å². The van der Waals surface area contributed by atoms with E-state index in [0.717, 1.165) is 6.07 Å². The fourth-order valence-corrected chi connectivity index (χ4v) is 2.16. The lowest BCUT2D eigenvalue weighted by molar-refractivity contribution is 0.102. The van der Waals surface area contributed by atoms with Crippen LogP contribution in [0.1, 0.15) is 16.2 Å². The molecule has 0 saturated heterocycles. The molecule has 3 rings (SSSR count). The van der Waals surface area contributed by atoms with Crippen LogP contribution < -0.4 is 5.32 Å². The molecule has 0 spiro atoms. The van der Waals surface area contributed by atoms with Gasteiger partial charge in [0.2, 0.25) is 11.7 Å². The number of aromatic nitrogens is 2. The van der Waals surface area contributed by atoms with Gasteiger partial charge in [0.1, 0.15) is 5.82 Å². The summed E-state index contributed by atoms with van der Waals surface area (Å²) < 4.78 is 18.7. The SMILES string of the molecule is Cc1nc(-c2cccc(C(=O)Nc3ccc(Cl)cc3F)c2)no1. The molecule has 23 heavy (non-hydrogen) atoms. The Morgan fingerprint density at radius 3 is 2.78 bits per heavy atom. The number of hydrogen-bond acceptors (Lipinski definition) is 4. The summed E-state index contributed by atoms with van der Waals surface area (Å²) in [6.45, 7) is 1.68. The van der Waals surface area contributed by atoms with Crippen molar-refractivity contribution in [2.24, 2.45) is 0 Å². The quantitative estimate of drug-likeness (QED) is 0.785. The van der Waals surface area contributed by atoms with E-state index < -0.39 is 11.7 Å². The van der Waals surface area contributed by atoms with Crippen molar-refractivity contribution in [2.45, 2.75) is 6.92 Å². The molecule has 3 aromatic rings. The fraction of sp³-hybridized carbons (Fsp3) is 0.0625. The molecule has 0 aliphatic carbocycles. The summed E-state index contributed by atoms with van der Waals surface area (Å²) >= 11 is 5.69. The summed E-state index contributed by atoms with van der Waals surface area (Å²) in [6.07, 6.45) is 0. The van der Waals surface area contributed by atoms with Gasteiger partial charge in [-0.3, -0.25) is 4.79 Å². The van der Waals surface area contributed by atoms with Gasteiger partial charge in [0.25, 0.3) is 5.91 Å². The van der Waals surface area contributed by atoms with Crippen molar-refractivity contribution in [3.8, 4) is 11.4 Å². The predicted octanol–water partition coefficient (Wildman–Crippen LogP) is 4.09. The summed E-state index contributed by atoms with van der Waals surface area (Å²) in [5.41, 5.74) is 1.03. The Morgan fingerprint density at radius 1 is 1.26 bits per heavy atom. The number of halogens is 2. The van der Waals surface area contributed by atoms with Crippen molar-refractivity contribution in [1.29, 1.82) is 0 Å². The minimum absolute atomic E-state index is 0.0557. The van der Waals surface area contributed by atoms with Crippen LogP contribution in [0.5, 0.6) is 0 Å². The first-order valence-electron chi connectivity index (χ1n) is 6.70. The van der Waals surface area contributed by atoms with Crippen LogP contribution in [-0.4, -0.2) is 16.0 Å². The fourth-order valence-electron chi connectivity index (χ4n) is 2.00. The molecule has 0 fully saturated rings. The van der Waals surface area contributed by atoms with E-state index in [9.17, 15) is 9.18 Å². The zero-order valence-electron chi connectivity index (χ0n) is 12.0. The third-order valence-corrected chi connectivity index (χ3v) is 3.32. The van der Waals surface area contributed by atoms with E-state index >= 15 is 0 Å². The van der Waals surface area contributed by atoms with Gasteiger partial charge in [-0.2, -0.15) is 4.98 Å². The van der Waals surface area contributed by atoms with E-state index in [1.165, 1.54) is 12.1 Å². The molecule has 0 aliphatic heterocycles. The molecule has 2 aromatic carbocycles. The van der Waals surface area contributed by atoms with Crippen LogP contribution in [0.2, 0.25) is 5.02 Å². The summed E-state index contributed by atoms with van der Waals surface area (Å²) in [6, 6.07) is 10.7. The van der Waals surface area contributed by atoms with Gasteiger partial charge < -0.3 is 9.84 Å². The average molecular weight is 332 g/mol. The Bertz CT molecular complexity index is 879. The van der Waals surface area contributed by atoms with Gasteiger partial charge in [0.05, 0.1) is 5.69 Å². The monoisotopic (exact) mass is 331 g/mol. The minimum Gasteiger partial charge on any atom is -0.339 e. The third kappa shape index (κ3) is 3.37.